The van der Waals surface area contributed by atoms with Crippen LogP contribution in [0, 0.1) is 17.5 Å². The molecule has 0 N–H and O–H groups in total. The molecule has 0 saturated heterocycles. The summed E-state index contributed by atoms with van der Waals surface area (Å²) in [6, 6.07) is 14.2. The van der Waals surface area contributed by atoms with Crippen molar-refractivity contribution in [1.29, 1.82) is 0 Å². The van der Waals surface area contributed by atoms with Crippen molar-refractivity contribution in [2.24, 2.45) is 0 Å². The minimum Gasteiger partial charge on any atom is -0.206 e. The first-order valence-electron chi connectivity index (χ1n) is 5.79. The van der Waals surface area contributed by atoms with Gasteiger partial charge in [-0.3, -0.25) is 0 Å². The molecule has 0 aliphatic heterocycles. The molecule has 0 aromatic heterocycles. The van der Waals surface area contributed by atoms with E-state index in [9.17, 15) is 13.2 Å². The van der Waals surface area contributed by atoms with Crippen LogP contribution < -0.4 is 0 Å². The van der Waals surface area contributed by atoms with Gasteiger partial charge in [-0.05, 0) is 34.5 Å². The third kappa shape index (κ3) is 1.97. The highest BCUT2D eigenvalue weighted by atomic mass is 19.2. The molecule has 3 aromatic rings. The van der Waals surface area contributed by atoms with Gasteiger partial charge in [0.1, 0.15) is 5.82 Å². The van der Waals surface area contributed by atoms with Gasteiger partial charge in [0.05, 0.1) is 5.56 Å². The number of benzene rings is 3. The van der Waals surface area contributed by atoms with Gasteiger partial charge >= 0.3 is 0 Å². The van der Waals surface area contributed by atoms with E-state index in [1.807, 2.05) is 24.3 Å². The lowest BCUT2D eigenvalue weighted by molar-refractivity contribution is 0.499. The fourth-order valence-electron chi connectivity index (χ4n) is 2.14. The Bertz CT molecular complexity index is 763. The monoisotopic (exact) mass is 258 g/mol. The molecule has 94 valence electrons. The molecule has 0 saturated carbocycles. The molecule has 3 heteroatoms. The van der Waals surface area contributed by atoms with Crippen molar-refractivity contribution in [2.45, 2.75) is 0 Å². The van der Waals surface area contributed by atoms with Gasteiger partial charge in [0.2, 0.25) is 0 Å². The second-order valence-corrected chi connectivity index (χ2v) is 4.28. The van der Waals surface area contributed by atoms with E-state index in [4.69, 9.17) is 0 Å². The van der Waals surface area contributed by atoms with Crippen molar-refractivity contribution in [3.05, 3.63) is 72.0 Å². The summed E-state index contributed by atoms with van der Waals surface area (Å²) < 4.78 is 40.7. The first-order chi connectivity index (χ1) is 9.16. The van der Waals surface area contributed by atoms with Crippen LogP contribution in [0.2, 0.25) is 0 Å². The molecule has 0 aliphatic rings. The van der Waals surface area contributed by atoms with Crippen LogP contribution in [0.15, 0.2) is 54.6 Å². The lowest BCUT2D eigenvalue weighted by atomic mass is 10.0. The topological polar surface area (TPSA) is 0 Å². The third-order valence-corrected chi connectivity index (χ3v) is 3.08. The fraction of sp³-hybridized carbons (Fsp3) is 0. The summed E-state index contributed by atoms with van der Waals surface area (Å²) in [5.74, 6) is -2.98. The van der Waals surface area contributed by atoms with Gasteiger partial charge in [-0.2, -0.15) is 0 Å². The number of rotatable bonds is 1. The largest absolute Gasteiger partial charge is 0.206 e. The van der Waals surface area contributed by atoms with E-state index in [1.165, 1.54) is 0 Å². The van der Waals surface area contributed by atoms with E-state index in [1.54, 1.807) is 18.2 Å². The van der Waals surface area contributed by atoms with Crippen LogP contribution in [-0.2, 0) is 0 Å². The van der Waals surface area contributed by atoms with E-state index in [-0.39, 0.29) is 5.56 Å². The molecule has 0 fully saturated rings. The maximum absolute atomic E-state index is 13.7. The maximum Gasteiger partial charge on any atom is 0.169 e. The first kappa shape index (κ1) is 11.8. The molecule has 19 heavy (non-hydrogen) atoms. The molecule has 0 bridgehead atoms. The molecule has 0 radical (unpaired) electrons. The summed E-state index contributed by atoms with van der Waals surface area (Å²) in [5, 5.41) is 1.81. The number of hydrogen-bond acceptors (Lipinski definition) is 0. The molecule has 0 aliphatic carbocycles. The highest BCUT2D eigenvalue weighted by Gasteiger charge is 2.15. The Morgan fingerprint density at radius 3 is 2.11 bits per heavy atom. The Morgan fingerprint density at radius 1 is 0.632 bits per heavy atom. The highest BCUT2D eigenvalue weighted by Crippen LogP contribution is 2.30. The molecular weight excluding hydrogens is 249 g/mol. The van der Waals surface area contributed by atoms with Crippen LogP contribution in [0.25, 0.3) is 21.9 Å². The summed E-state index contributed by atoms with van der Waals surface area (Å²) >= 11 is 0. The minimum absolute atomic E-state index is 0.327. The normalized spacial score (nSPS) is 10.9. The second-order valence-electron chi connectivity index (χ2n) is 4.28. The smallest absolute Gasteiger partial charge is 0.169 e. The van der Waals surface area contributed by atoms with Gasteiger partial charge in [0.25, 0.3) is 0 Å². The van der Waals surface area contributed by atoms with Crippen molar-refractivity contribution in [3.8, 4) is 11.1 Å². The molecule has 0 spiro atoms. The Hall–Kier alpha value is -2.29. The van der Waals surface area contributed by atoms with E-state index in [0.29, 0.717) is 5.56 Å². The molecule has 0 nitrogen and oxygen atoms in total. The minimum atomic E-state index is -1.16. The molecule has 3 aromatic carbocycles. The van der Waals surface area contributed by atoms with Crippen LogP contribution in [0.1, 0.15) is 0 Å². The van der Waals surface area contributed by atoms with E-state index in [2.05, 4.69) is 0 Å². The van der Waals surface area contributed by atoms with Gasteiger partial charge in [0.15, 0.2) is 11.6 Å². The molecule has 0 heterocycles. The second kappa shape index (κ2) is 4.43. The zero-order valence-corrected chi connectivity index (χ0v) is 9.83. The highest BCUT2D eigenvalue weighted by molar-refractivity contribution is 5.87. The van der Waals surface area contributed by atoms with E-state index >= 15 is 0 Å². The molecule has 0 amide bonds. The molecule has 3 rings (SSSR count). The van der Waals surface area contributed by atoms with Gasteiger partial charge < -0.3 is 0 Å². The van der Waals surface area contributed by atoms with Crippen molar-refractivity contribution in [2.75, 3.05) is 0 Å². The maximum atomic E-state index is 13.7. The average molecular weight is 258 g/mol. The molecule has 0 atom stereocenters. The lowest BCUT2D eigenvalue weighted by Crippen LogP contribution is -1.94. The number of halogens is 3. The Morgan fingerprint density at radius 2 is 1.32 bits per heavy atom. The molecular formula is C16H9F3. The summed E-state index contributed by atoms with van der Waals surface area (Å²) in [6.07, 6.45) is 0. The van der Waals surface area contributed by atoms with E-state index in [0.717, 1.165) is 22.9 Å². The fourth-order valence-corrected chi connectivity index (χ4v) is 2.14. The lowest BCUT2D eigenvalue weighted by Gasteiger charge is -2.07. The predicted molar refractivity (Wildman–Crippen MR) is 69.3 cm³/mol. The van der Waals surface area contributed by atoms with Crippen LogP contribution >= 0.6 is 0 Å². The standard InChI is InChI=1S/C16H9F3/c17-13-7-8-14(18)16(19)15(13)12-6-5-10-3-1-2-4-11(10)9-12/h1-9H. The average Bonchev–Trinajstić information content (AvgIpc) is 2.43. The summed E-state index contributed by atoms with van der Waals surface area (Å²) in [5.41, 5.74) is -0.000969. The summed E-state index contributed by atoms with van der Waals surface area (Å²) in [4.78, 5) is 0. The first-order valence-corrected chi connectivity index (χ1v) is 5.79. The van der Waals surface area contributed by atoms with Crippen molar-refractivity contribution in [3.63, 3.8) is 0 Å². The zero-order valence-electron chi connectivity index (χ0n) is 9.83. The zero-order chi connectivity index (χ0) is 13.4. The Labute approximate surface area is 108 Å². The van der Waals surface area contributed by atoms with Crippen LogP contribution in [0.3, 0.4) is 0 Å². The van der Waals surface area contributed by atoms with Crippen molar-refractivity contribution < 1.29 is 13.2 Å². The van der Waals surface area contributed by atoms with Crippen molar-refractivity contribution >= 4 is 10.8 Å². The molecule has 0 unspecified atom stereocenters. The SMILES string of the molecule is Fc1ccc(F)c(-c2ccc3ccccc3c2)c1F. The number of hydrogen-bond donors (Lipinski definition) is 0. The summed E-state index contributed by atoms with van der Waals surface area (Å²) in [6.45, 7) is 0. The van der Waals surface area contributed by atoms with Crippen molar-refractivity contribution in [1.82, 2.24) is 0 Å². The van der Waals surface area contributed by atoms with Crippen LogP contribution in [0.4, 0.5) is 13.2 Å². The van der Waals surface area contributed by atoms with Crippen LogP contribution in [0.5, 0.6) is 0 Å². The summed E-state index contributed by atoms with van der Waals surface area (Å²) in [7, 11) is 0. The van der Waals surface area contributed by atoms with Gasteiger partial charge in [-0.1, -0.05) is 36.4 Å². The van der Waals surface area contributed by atoms with Gasteiger partial charge in [-0.15, -0.1) is 0 Å². The van der Waals surface area contributed by atoms with Gasteiger partial charge in [-0.25, -0.2) is 13.2 Å². The van der Waals surface area contributed by atoms with Gasteiger partial charge in [0, 0.05) is 0 Å². The Kier molecular flexibility index (Phi) is 2.75. The van der Waals surface area contributed by atoms with Crippen LogP contribution in [-0.4, -0.2) is 0 Å². The Balaban J connectivity index is 2.27. The quantitative estimate of drug-likeness (QED) is 0.543. The third-order valence-electron chi connectivity index (χ3n) is 3.08. The van der Waals surface area contributed by atoms with E-state index < -0.39 is 17.5 Å². The number of fused-ring (bicyclic) bond motifs is 1. The predicted octanol–water partition coefficient (Wildman–Crippen LogP) is 4.92.